The molecule has 2 heterocycles. The number of amides is 2. The number of benzene rings is 1. The molecule has 1 aromatic carbocycles. The highest BCUT2D eigenvalue weighted by atomic mass is 16.2. The first kappa shape index (κ1) is 21.2. The molecule has 5 nitrogen and oxygen atoms in total. The molecule has 2 atom stereocenters. The van der Waals surface area contributed by atoms with Crippen LogP contribution in [0.1, 0.15) is 51.5 Å². The van der Waals surface area contributed by atoms with Gasteiger partial charge in [-0.3, -0.25) is 14.6 Å². The summed E-state index contributed by atoms with van der Waals surface area (Å²) >= 11 is 0. The van der Waals surface area contributed by atoms with Gasteiger partial charge >= 0.3 is 0 Å². The summed E-state index contributed by atoms with van der Waals surface area (Å²) in [4.78, 5) is 32.9. The molecule has 1 saturated heterocycles. The molecule has 1 N–H and O–H groups in total. The monoisotopic (exact) mass is 431 g/mol. The number of nitrogens with one attached hydrogen (secondary N) is 1. The van der Waals surface area contributed by atoms with Crippen LogP contribution in [0.4, 0.5) is 0 Å². The molecule has 168 valence electrons. The molecule has 3 fully saturated rings. The van der Waals surface area contributed by atoms with Crippen molar-refractivity contribution >= 4 is 11.8 Å². The first-order valence-electron chi connectivity index (χ1n) is 12.0. The highest BCUT2D eigenvalue weighted by Crippen LogP contribution is 2.66. The predicted molar refractivity (Wildman–Crippen MR) is 125 cm³/mol. The third-order valence-electron chi connectivity index (χ3n) is 7.87. The molecular weight excluding hydrogens is 398 g/mol. The van der Waals surface area contributed by atoms with Crippen LogP contribution in [0.25, 0.3) is 11.1 Å². The average molecular weight is 432 g/mol. The molecule has 1 aliphatic heterocycles. The first-order chi connectivity index (χ1) is 15.4. The van der Waals surface area contributed by atoms with E-state index in [1.165, 1.54) is 19.3 Å². The van der Waals surface area contributed by atoms with E-state index in [-0.39, 0.29) is 23.8 Å². The Morgan fingerprint density at radius 3 is 2.62 bits per heavy atom. The zero-order valence-electron chi connectivity index (χ0n) is 19.1. The van der Waals surface area contributed by atoms with Gasteiger partial charge in [0.15, 0.2) is 0 Å². The lowest BCUT2D eigenvalue weighted by molar-refractivity contribution is -0.135. The molecule has 1 spiro atoms. The van der Waals surface area contributed by atoms with Crippen LogP contribution in [-0.4, -0.2) is 40.8 Å². The van der Waals surface area contributed by atoms with Crippen LogP contribution in [-0.2, 0) is 16.0 Å². The van der Waals surface area contributed by atoms with Gasteiger partial charge in [-0.15, -0.1) is 0 Å². The van der Waals surface area contributed by atoms with Gasteiger partial charge in [0.1, 0.15) is 0 Å². The minimum Gasteiger partial charge on any atom is -0.353 e. The Kier molecular flexibility index (Phi) is 5.31. The largest absolute Gasteiger partial charge is 0.353 e. The van der Waals surface area contributed by atoms with Crippen LogP contribution in [0, 0.1) is 16.7 Å². The van der Waals surface area contributed by atoms with Crippen molar-refractivity contribution in [2.45, 2.75) is 58.4 Å². The Morgan fingerprint density at radius 1 is 1.16 bits per heavy atom. The van der Waals surface area contributed by atoms with Crippen molar-refractivity contribution in [2.24, 2.45) is 16.7 Å². The second-order valence-electron chi connectivity index (χ2n) is 10.5. The topological polar surface area (TPSA) is 62.3 Å². The van der Waals surface area contributed by atoms with Crippen LogP contribution in [0.5, 0.6) is 0 Å². The minimum atomic E-state index is -0.574. The van der Waals surface area contributed by atoms with Crippen LogP contribution in [0.2, 0.25) is 0 Å². The van der Waals surface area contributed by atoms with E-state index in [0.717, 1.165) is 23.1 Å². The van der Waals surface area contributed by atoms with E-state index in [0.29, 0.717) is 31.3 Å². The summed E-state index contributed by atoms with van der Waals surface area (Å²) in [5.41, 5.74) is 3.04. The molecule has 2 aromatic rings. The predicted octanol–water partition coefficient (Wildman–Crippen LogP) is 4.22. The van der Waals surface area contributed by atoms with Gasteiger partial charge in [0.25, 0.3) is 0 Å². The number of rotatable bonds is 6. The molecule has 2 saturated carbocycles. The van der Waals surface area contributed by atoms with Crippen molar-refractivity contribution in [3.63, 3.8) is 0 Å². The second-order valence-corrected chi connectivity index (χ2v) is 10.5. The number of carbonyl (C=O) groups is 2. The van der Waals surface area contributed by atoms with Crippen molar-refractivity contribution in [3.05, 3.63) is 54.4 Å². The molecule has 0 radical (unpaired) electrons. The molecule has 2 aliphatic carbocycles. The third kappa shape index (κ3) is 3.82. The Hall–Kier alpha value is -2.69. The van der Waals surface area contributed by atoms with Crippen LogP contribution in [0.15, 0.2) is 48.8 Å². The normalized spacial score (nSPS) is 25.6. The fourth-order valence-corrected chi connectivity index (χ4v) is 5.77. The number of carbonyl (C=O) groups excluding carboxylic acids is 2. The Morgan fingerprint density at radius 2 is 1.97 bits per heavy atom. The van der Waals surface area contributed by atoms with Crippen molar-refractivity contribution in [1.82, 2.24) is 15.2 Å². The summed E-state index contributed by atoms with van der Waals surface area (Å²) in [7, 11) is 0. The van der Waals surface area contributed by atoms with Crippen molar-refractivity contribution in [2.75, 3.05) is 13.1 Å². The van der Waals surface area contributed by atoms with Gasteiger partial charge in [0.2, 0.25) is 11.8 Å². The Balaban J connectivity index is 1.37. The van der Waals surface area contributed by atoms with Crippen LogP contribution >= 0.6 is 0 Å². The average Bonchev–Trinajstić information content (AvgIpc) is 3.40. The molecule has 5 rings (SSSR count). The van der Waals surface area contributed by atoms with Crippen molar-refractivity contribution < 1.29 is 9.59 Å². The maximum atomic E-state index is 13.4. The third-order valence-corrected chi connectivity index (χ3v) is 7.87. The van der Waals surface area contributed by atoms with Crippen molar-refractivity contribution in [3.8, 4) is 11.1 Å². The van der Waals surface area contributed by atoms with Crippen LogP contribution in [0.3, 0.4) is 0 Å². The Bertz CT molecular complexity index is 1010. The molecule has 1 aromatic heterocycles. The van der Waals surface area contributed by atoms with Gasteiger partial charge in [0.05, 0.1) is 5.41 Å². The molecule has 2 amide bonds. The van der Waals surface area contributed by atoms with Crippen LogP contribution < -0.4 is 5.32 Å². The zero-order chi connectivity index (χ0) is 22.3. The lowest BCUT2D eigenvalue weighted by Crippen LogP contribution is -2.47. The van der Waals surface area contributed by atoms with E-state index in [2.05, 4.69) is 34.6 Å². The second kappa shape index (κ2) is 8.02. The standard InChI is InChI=1S/C27H33N3O2/c1-19(2)29-25(32)27(11-13-30(18-27)24(31)23-16-26(23)9-5-10-26)15-20-6-3-7-21(14-20)22-8-4-12-28-17-22/h3-4,6-8,12,14,17,19,23H,5,9-11,13,15-16,18H2,1-2H3,(H,29,32)/t23-,27+/m1/s1. The number of hydrogen-bond donors (Lipinski definition) is 1. The van der Waals surface area contributed by atoms with E-state index in [1.807, 2.05) is 37.1 Å². The number of likely N-dealkylation sites (tertiary alicyclic amines) is 1. The van der Waals surface area contributed by atoms with Gasteiger partial charge in [0, 0.05) is 37.4 Å². The molecule has 32 heavy (non-hydrogen) atoms. The van der Waals surface area contributed by atoms with E-state index >= 15 is 0 Å². The van der Waals surface area contributed by atoms with Gasteiger partial charge in [-0.1, -0.05) is 36.8 Å². The smallest absolute Gasteiger partial charge is 0.228 e. The quantitative estimate of drug-likeness (QED) is 0.745. The maximum absolute atomic E-state index is 13.4. The number of pyridine rings is 1. The van der Waals surface area contributed by atoms with E-state index in [1.54, 1.807) is 6.20 Å². The summed E-state index contributed by atoms with van der Waals surface area (Å²) in [6, 6.07) is 12.5. The van der Waals surface area contributed by atoms with E-state index in [9.17, 15) is 9.59 Å². The fraction of sp³-hybridized carbons (Fsp3) is 0.519. The maximum Gasteiger partial charge on any atom is 0.228 e. The zero-order valence-corrected chi connectivity index (χ0v) is 19.1. The number of hydrogen-bond acceptors (Lipinski definition) is 3. The molecule has 3 aliphatic rings. The molecule has 5 heteroatoms. The summed E-state index contributed by atoms with van der Waals surface area (Å²) in [5, 5.41) is 3.15. The highest BCUT2D eigenvalue weighted by Gasteiger charge is 2.62. The van der Waals surface area contributed by atoms with Gasteiger partial charge in [-0.2, -0.15) is 0 Å². The molecule has 0 bridgehead atoms. The van der Waals surface area contributed by atoms with Crippen molar-refractivity contribution in [1.29, 1.82) is 0 Å². The highest BCUT2D eigenvalue weighted by molar-refractivity contribution is 5.88. The SMILES string of the molecule is CC(C)NC(=O)[C@]1(Cc2cccc(-c3cccnc3)c2)CCN(C(=O)[C@H]2CC23CCC3)C1. The summed E-state index contributed by atoms with van der Waals surface area (Å²) < 4.78 is 0. The summed E-state index contributed by atoms with van der Waals surface area (Å²) in [6.45, 7) is 5.20. The summed E-state index contributed by atoms with van der Waals surface area (Å²) in [6.07, 6.45) is 9.72. The van der Waals surface area contributed by atoms with E-state index in [4.69, 9.17) is 0 Å². The van der Waals surface area contributed by atoms with Gasteiger partial charge in [-0.25, -0.2) is 0 Å². The van der Waals surface area contributed by atoms with Gasteiger partial charge in [-0.05, 0) is 74.1 Å². The summed E-state index contributed by atoms with van der Waals surface area (Å²) in [5.74, 6) is 0.561. The Labute approximate surface area is 190 Å². The fourth-order valence-electron chi connectivity index (χ4n) is 5.77. The molecule has 0 unspecified atom stereocenters. The minimum absolute atomic E-state index is 0.0729. The number of aromatic nitrogens is 1. The lowest BCUT2D eigenvalue weighted by atomic mass is 9.79. The lowest BCUT2D eigenvalue weighted by Gasteiger charge is -2.31. The van der Waals surface area contributed by atoms with E-state index < -0.39 is 5.41 Å². The first-order valence-corrected chi connectivity index (χ1v) is 12.0. The van der Waals surface area contributed by atoms with Gasteiger partial charge < -0.3 is 10.2 Å². The molecular formula is C27H33N3O2. The number of nitrogens with zero attached hydrogens (tertiary/aromatic N) is 2.